The van der Waals surface area contributed by atoms with E-state index in [-0.39, 0.29) is 29.4 Å². The molecule has 0 aromatic heterocycles. The van der Waals surface area contributed by atoms with E-state index in [0.717, 1.165) is 52.6 Å². The highest BCUT2D eigenvalue weighted by molar-refractivity contribution is 8.93. The van der Waals surface area contributed by atoms with E-state index in [1.165, 1.54) is 0 Å². The Morgan fingerprint density at radius 3 is 0.900 bits per heavy atom. The van der Waals surface area contributed by atoms with Crippen LogP contribution >= 0.6 is 29.4 Å². The average molecular weight is 384 g/mol. The van der Waals surface area contributed by atoms with E-state index < -0.39 is 0 Å². The molecular weight excluding hydrogens is 351 g/mol. The SMILES string of the molecule is Br.COCCNCCOC.COCCNCCOC.Cl. The van der Waals surface area contributed by atoms with E-state index >= 15 is 0 Å². The molecule has 0 rings (SSSR count). The molecule has 0 atom stereocenters. The van der Waals surface area contributed by atoms with Gasteiger partial charge in [-0.2, -0.15) is 0 Å². The van der Waals surface area contributed by atoms with Gasteiger partial charge in [-0.15, -0.1) is 29.4 Å². The van der Waals surface area contributed by atoms with Crippen molar-refractivity contribution in [2.24, 2.45) is 0 Å². The number of nitrogens with one attached hydrogen (secondary N) is 2. The predicted molar refractivity (Wildman–Crippen MR) is 90.8 cm³/mol. The van der Waals surface area contributed by atoms with Crippen molar-refractivity contribution in [2.45, 2.75) is 0 Å². The van der Waals surface area contributed by atoms with E-state index in [2.05, 4.69) is 10.6 Å². The fourth-order valence-corrected chi connectivity index (χ4v) is 0.947. The zero-order chi connectivity index (χ0) is 13.9. The van der Waals surface area contributed by atoms with Crippen LogP contribution in [0.2, 0.25) is 0 Å². The average Bonchev–Trinajstić information content (AvgIpc) is 2.39. The molecule has 0 aromatic carbocycles. The van der Waals surface area contributed by atoms with Crippen LogP contribution < -0.4 is 10.6 Å². The first-order chi connectivity index (χ1) is 8.83. The molecule has 0 amide bonds. The smallest absolute Gasteiger partial charge is 0.0587 e. The molecule has 0 spiro atoms. The number of hydrogen-bond acceptors (Lipinski definition) is 6. The van der Waals surface area contributed by atoms with Crippen molar-refractivity contribution < 1.29 is 18.9 Å². The Kier molecular flexibility index (Phi) is 45.5. The number of hydrogen-bond donors (Lipinski definition) is 2. The van der Waals surface area contributed by atoms with Crippen LogP contribution in [0, 0.1) is 0 Å². The van der Waals surface area contributed by atoms with Gasteiger partial charge in [0.25, 0.3) is 0 Å². The van der Waals surface area contributed by atoms with E-state index in [0.29, 0.717) is 0 Å². The minimum absolute atomic E-state index is 0. The highest BCUT2D eigenvalue weighted by Gasteiger charge is 1.83. The van der Waals surface area contributed by atoms with Crippen LogP contribution in [0.4, 0.5) is 0 Å². The summed E-state index contributed by atoms with van der Waals surface area (Å²) in [6, 6.07) is 0. The quantitative estimate of drug-likeness (QED) is 0.485. The lowest BCUT2D eigenvalue weighted by atomic mass is 10.6. The molecule has 0 fully saturated rings. The first-order valence-corrected chi connectivity index (χ1v) is 6.20. The molecule has 0 aromatic rings. The minimum atomic E-state index is 0. The molecule has 0 aliphatic heterocycles. The van der Waals surface area contributed by atoms with E-state index in [9.17, 15) is 0 Å². The highest BCUT2D eigenvalue weighted by Crippen LogP contribution is 1.66. The maximum atomic E-state index is 4.82. The van der Waals surface area contributed by atoms with Gasteiger partial charge in [0, 0.05) is 54.6 Å². The third kappa shape index (κ3) is 36.3. The van der Waals surface area contributed by atoms with Gasteiger partial charge < -0.3 is 29.6 Å². The summed E-state index contributed by atoms with van der Waals surface area (Å²) in [5, 5.41) is 6.27. The molecule has 0 radical (unpaired) electrons. The minimum Gasteiger partial charge on any atom is -0.383 e. The van der Waals surface area contributed by atoms with Gasteiger partial charge in [0.1, 0.15) is 0 Å². The Morgan fingerprint density at radius 2 is 0.750 bits per heavy atom. The van der Waals surface area contributed by atoms with Crippen molar-refractivity contribution in [2.75, 3.05) is 81.0 Å². The van der Waals surface area contributed by atoms with Gasteiger partial charge >= 0.3 is 0 Å². The van der Waals surface area contributed by atoms with Crippen molar-refractivity contribution in [3.05, 3.63) is 0 Å². The molecular formula is C12H32BrClN2O4. The van der Waals surface area contributed by atoms with E-state index in [1.807, 2.05) is 0 Å². The molecule has 6 nitrogen and oxygen atoms in total. The predicted octanol–water partition coefficient (Wildman–Crippen LogP) is 0.737. The van der Waals surface area contributed by atoms with Crippen LogP contribution in [-0.2, 0) is 18.9 Å². The van der Waals surface area contributed by atoms with Crippen molar-refractivity contribution in [3.8, 4) is 0 Å². The number of ether oxygens (including phenoxy) is 4. The van der Waals surface area contributed by atoms with Crippen LogP contribution in [0.3, 0.4) is 0 Å². The van der Waals surface area contributed by atoms with Crippen molar-refractivity contribution in [3.63, 3.8) is 0 Å². The largest absolute Gasteiger partial charge is 0.383 e. The Balaban J connectivity index is -0.000000116. The Hall–Kier alpha value is 0.530. The summed E-state index contributed by atoms with van der Waals surface area (Å²) in [6.45, 7) is 6.68. The lowest BCUT2D eigenvalue weighted by Gasteiger charge is -2.01. The molecule has 0 unspecified atom stereocenters. The Morgan fingerprint density at radius 1 is 0.550 bits per heavy atom. The first-order valence-electron chi connectivity index (χ1n) is 6.20. The fourth-order valence-electron chi connectivity index (χ4n) is 0.947. The lowest BCUT2D eigenvalue weighted by molar-refractivity contribution is 0.180. The van der Waals surface area contributed by atoms with Gasteiger partial charge in [0.2, 0.25) is 0 Å². The number of halogens is 2. The van der Waals surface area contributed by atoms with Crippen molar-refractivity contribution in [1.29, 1.82) is 0 Å². The second kappa shape index (κ2) is 31.8. The molecule has 128 valence electrons. The van der Waals surface area contributed by atoms with Gasteiger partial charge in [0.05, 0.1) is 26.4 Å². The molecule has 0 saturated heterocycles. The number of rotatable bonds is 12. The van der Waals surface area contributed by atoms with Gasteiger partial charge in [-0.25, -0.2) is 0 Å². The molecule has 0 aliphatic carbocycles. The Bertz CT molecular complexity index is 114. The normalized spacial score (nSPS) is 9.00. The monoisotopic (exact) mass is 382 g/mol. The van der Waals surface area contributed by atoms with E-state index in [4.69, 9.17) is 18.9 Å². The third-order valence-electron chi connectivity index (χ3n) is 1.93. The standard InChI is InChI=1S/2C6H15NO2.BrH.ClH/c2*1-8-5-3-7-4-6-9-2;;/h2*7H,3-6H2,1-2H3;2*1H. The molecule has 8 heteroatoms. The molecule has 0 heterocycles. The lowest BCUT2D eigenvalue weighted by Crippen LogP contribution is -2.23. The maximum absolute atomic E-state index is 4.82. The fraction of sp³-hybridized carbons (Fsp3) is 1.00. The topological polar surface area (TPSA) is 61.0 Å². The van der Waals surface area contributed by atoms with Gasteiger partial charge in [0.15, 0.2) is 0 Å². The summed E-state index contributed by atoms with van der Waals surface area (Å²) in [6.07, 6.45) is 0. The second-order valence-corrected chi connectivity index (χ2v) is 3.47. The Labute approximate surface area is 140 Å². The molecule has 20 heavy (non-hydrogen) atoms. The summed E-state index contributed by atoms with van der Waals surface area (Å²) in [7, 11) is 6.77. The van der Waals surface area contributed by atoms with Crippen molar-refractivity contribution in [1.82, 2.24) is 10.6 Å². The highest BCUT2D eigenvalue weighted by atomic mass is 79.9. The van der Waals surface area contributed by atoms with Gasteiger partial charge in [-0.05, 0) is 0 Å². The van der Waals surface area contributed by atoms with Crippen molar-refractivity contribution >= 4 is 29.4 Å². The van der Waals surface area contributed by atoms with E-state index in [1.54, 1.807) is 28.4 Å². The van der Waals surface area contributed by atoms with Crippen LogP contribution in [0.5, 0.6) is 0 Å². The molecule has 2 N–H and O–H groups in total. The first kappa shape index (κ1) is 28.7. The van der Waals surface area contributed by atoms with Crippen LogP contribution in [0.15, 0.2) is 0 Å². The summed E-state index contributed by atoms with van der Waals surface area (Å²) in [5.41, 5.74) is 0. The van der Waals surface area contributed by atoms with Crippen LogP contribution in [0.1, 0.15) is 0 Å². The molecule has 0 bridgehead atoms. The van der Waals surface area contributed by atoms with Crippen LogP contribution in [-0.4, -0.2) is 81.0 Å². The third-order valence-corrected chi connectivity index (χ3v) is 1.93. The van der Waals surface area contributed by atoms with Gasteiger partial charge in [-0.3, -0.25) is 0 Å². The second-order valence-electron chi connectivity index (χ2n) is 3.47. The number of methoxy groups -OCH3 is 4. The summed E-state index contributed by atoms with van der Waals surface area (Å²) in [5.74, 6) is 0. The maximum Gasteiger partial charge on any atom is 0.0587 e. The summed E-state index contributed by atoms with van der Waals surface area (Å²) >= 11 is 0. The molecule has 0 aliphatic rings. The zero-order valence-electron chi connectivity index (χ0n) is 13.1. The van der Waals surface area contributed by atoms with Gasteiger partial charge in [-0.1, -0.05) is 0 Å². The summed E-state index contributed by atoms with van der Waals surface area (Å²) in [4.78, 5) is 0. The molecule has 0 saturated carbocycles. The summed E-state index contributed by atoms with van der Waals surface area (Å²) < 4.78 is 19.3. The zero-order valence-corrected chi connectivity index (χ0v) is 15.6. The van der Waals surface area contributed by atoms with Crippen LogP contribution in [0.25, 0.3) is 0 Å².